The highest BCUT2D eigenvalue weighted by atomic mass is 35.5. The second kappa shape index (κ2) is 6.20. The molecular weight excluding hydrogens is 282 g/mol. The van der Waals surface area contributed by atoms with Crippen LogP contribution in [0.2, 0.25) is 5.02 Å². The molecule has 1 heterocycles. The molecule has 0 amide bonds. The van der Waals surface area contributed by atoms with E-state index in [0.717, 1.165) is 33.7 Å². The molecule has 106 valence electrons. The molecule has 3 nitrogen and oxygen atoms in total. The lowest BCUT2D eigenvalue weighted by Crippen LogP contribution is -2.22. The molecule has 1 atom stereocenters. The molecule has 0 radical (unpaired) electrons. The highest BCUT2D eigenvalue weighted by Gasteiger charge is 2.18. The molecule has 1 aromatic heterocycles. The van der Waals surface area contributed by atoms with Crippen molar-refractivity contribution >= 4 is 22.6 Å². The largest absolute Gasteiger partial charge is 0.306 e. The smallest absolute Gasteiger partial charge is 0.0937 e. The zero-order chi connectivity index (χ0) is 14.7. The van der Waals surface area contributed by atoms with Gasteiger partial charge in [0.05, 0.1) is 17.1 Å². The molecule has 3 aromatic rings. The van der Waals surface area contributed by atoms with Gasteiger partial charge in [-0.2, -0.15) is 0 Å². The molecule has 0 saturated carbocycles. The summed E-state index contributed by atoms with van der Waals surface area (Å²) in [5, 5.41) is 4.25. The molecule has 2 aromatic carbocycles. The van der Waals surface area contributed by atoms with E-state index < -0.39 is 0 Å². The fourth-order valence-corrected chi connectivity index (χ4v) is 2.79. The minimum atomic E-state index is 0.00380. The summed E-state index contributed by atoms with van der Waals surface area (Å²) in [5.41, 5.74) is 3.95. The van der Waals surface area contributed by atoms with Gasteiger partial charge in [0.2, 0.25) is 0 Å². The summed E-state index contributed by atoms with van der Waals surface area (Å²) in [5.74, 6) is 0. The Bertz CT molecular complexity index is 752. The Hall–Kier alpha value is -1.97. The summed E-state index contributed by atoms with van der Waals surface area (Å²) >= 11 is 6.38. The minimum absolute atomic E-state index is 0.00380. The first-order valence-electron chi connectivity index (χ1n) is 6.98. The van der Waals surface area contributed by atoms with Crippen LogP contribution in [0.5, 0.6) is 0 Å². The SMILES string of the molecule is CCNC(c1ccccc1Cl)c1cccc2nccnc12. The maximum absolute atomic E-state index is 6.38. The van der Waals surface area contributed by atoms with Crippen molar-refractivity contribution in [3.8, 4) is 0 Å². The van der Waals surface area contributed by atoms with E-state index in [1.807, 2.05) is 36.4 Å². The first-order chi connectivity index (χ1) is 10.3. The van der Waals surface area contributed by atoms with Gasteiger partial charge < -0.3 is 5.32 Å². The molecular formula is C17H16ClN3. The van der Waals surface area contributed by atoms with Crippen LogP contribution in [0.1, 0.15) is 24.1 Å². The quantitative estimate of drug-likeness (QED) is 0.791. The van der Waals surface area contributed by atoms with Crippen LogP contribution in [0.3, 0.4) is 0 Å². The molecule has 0 saturated heterocycles. The third-order valence-electron chi connectivity index (χ3n) is 3.47. The van der Waals surface area contributed by atoms with Crippen LogP contribution >= 0.6 is 11.6 Å². The Morgan fingerprint density at radius 2 is 1.76 bits per heavy atom. The summed E-state index contributed by atoms with van der Waals surface area (Å²) in [6, 6.07) is 14.0. The second-order valence-electron chi connectivity index (χ2n) is 4.78. The summed E-state index contributed by atoms with van der Waals surface area (Å²) in [7, 11) is 0. The zero-order valence-corrected chi connectivity index (χ0v) is 12.5. The molecule has 0 aliphatic heterocycles. The lowest BCUT2D eigenvalue weighted by atomic mass is 9.97. The molecule has 0 fully saturated rings. The van der Waals surface area contributed by atoms with Crippen LogP contribution in [0.15, 0.2) is 54.9 Å². The number of benzene rings is 2. The normalized spacial score (nSPS) is 12.5. The molecule has 0 aliphatic rings. The molecule has 0 bridgehead atoms. The predicted molar refractivity (Wildman–Crippen MR) is 86.5 cm³/mol. The number of halogens is 1. The zero-order valence-electron chi connectivity index (χ0n) is 11.8. The second-order valence-corrected chi connectivity index (χ2v) is 5.19. The Kier molecular flexibility index (Phi) is 4.13. The van der Waals surface area contributed by atoms with E-state index in [-0.39, 0.29) is 6.04 Å². The Morgan fingerprint density at radius 1 is 1.00 bits per heavy atom. The van der Waals surface area contributed by atoms with Crippen molar-refractivity contribution in [3.63, 3.8) is 0 Å². The average molecular weight is 298 g/mol. The molecule has 1 unspecified atom stereocenters. The number of aromatic nitrogens is 2. The van der Waals surface area contributed by atoms with E-state index in [2.05, 4.69) is 28.3 Å². The van der Waals surface area contributed by atoms with Crippen LogP contribution in [0.25, 0.3) is 11.0 Å². The van der Waals surface area contributed by atoms with Gasteiger partial charge in [0.1, 0.15) is 0 Å². The topological polar surface area (TPSA) is 37.8 Å². The number of rotatable bonds is 4. The summed E-state index contributed by atoms with van der Waals surface area (Å²) < 4.78 is 0. The third kappa shape index (κ3) is 2.75. The van der Waals surface area contributed by atoms with Gasteiger partial charge in [-0.25, -0.2) is 0 Å². The first kappa shape index (κ1) is 14.0. The number of nitrogens with one attached hydrogen (secondary N) is 1. The van der Waals surface area contributed by atoms with E-state index in [4.69, 9.17) is 11.6 Å². The summed E-state index contributed by atoms with van der Waals surface area (Å²) in [4.78, 5) is 8.87. The monoisotopic (exact) mass is 297 g/mol. The van der Waals surface area contributed by atoms with Crippen molar-refractivity contribution in [2.24, 2.45) is 0 Å². The number of hydrogen-bond donors (Lipinski definition) is 1. The molecule has 3 rings (SSSR count). The van der Waals surface area contributed by atoms with Gasteiger partial charge in [-0.15, -0.1) is 0 Å². The maximum Gasteiger partial charge on any atom is 0.0937 e. The summed E-state index contributed by atoms with van der Waals surface area (Å²) in [6.45, 7) is 2.92. The van der Waals surface area contributed by atoms with Crippen LogP contribution in [-0.4, -0.2) is 16.5 Å². The molecule has 0 spiro atoms. The highest BCUT2D eigenvalue weighted by Crippen LogP contribution is 2.31. The number of para-hydroxylation sites is 1. The molecule has 21 heavy (non-hydrogen) atoms. The van der Waals surface area contributed by atoms with E-state index in [9.17, 15) is 0 Å². The van der Waals surface area contributed by atoms with Gasteiger partial charge in [0.25, 0.3) is 0 Å². The van der Waals surface area contributed by atoms with Crippen molar-refractivity contribution in [2.45, 2.75) is 13.0 Å². The first-order valence-corrected chi connectivity index (χ1v) is 7.36. The van der Waals surface area contributed by atoms with E-state index >= 15 is 0 Å². The Morgan fingerprint density at radius 3 is 2.57 bits per heavy atom. The van der Waals surface area contributed by atoms with Gasteiger partial charge >= 0.3 is 0 Å². The van der Waals surface area contributed by atoms with Gasteiger partial charge in [0, 0.05) is 23.0 Å². The molecule has 4 heteroatoms. The van der Waals surface area contributed by atoms with Gasteiger partial charge in [-0.3, -0.25) is 9.97 Å². The number of hydrogen-bond acceptors (Lipinski definition) is 3. The van der Waals surface area contributed by atoms with Crippen LogP contribution in [0.4, 0.5) is 0 Å². The molecule has 1 N–H and O–H groups in total. The minimum Gasteiger partial charge on any atom is -0.306 e. The van der Waals surface area contributed by atoms with Crippen molar-refractivity contribution in [3.05, 3.63) is 71.0 Å². The number of fused-ring (bicyclic) bond motifs is 1. The van der Waals surface area contributed by atoms with Gasteiger partial charge in [0.15, 0.2) is 0 Å². The van der Waals surface area contributed by atoms with E-state index in [0.29, 0.717) is 0 Å². The Balaban J connectivity index is 2.19. The van der Waals surface area contributed by atoms with Crippen molar-refractivity contribution < 1.29 is 0 Å². The van der Waals surface area contributed by atoms with Crippen LogP contribution in [-0.2, 0) is 0 Å². The lowest BCUT2D eigenvalue weighted by Gasteiger charge is -2.21. The van der Waals surface area contributed by atoms with E-state index in [1.54, 1.807) is 12.4 Å². The highest BCUT2D eigenvalue weighted by molar-refractivity contribution is 6.31. The Labute approximate surface area is 129 Å². The standard InChI is InChI=1S/C17H16ClN3/c1-2-19-16(12-6-3-4-8-14(12)18)13-7-5-9-15-17(13)21-11-10-20-15/h3-11,16,19H,2H2,1H3. The average Bonchev–Trinajstić information content (AvgIpc) is 2.53. The summed E-state index contributed by atoms with van der Waals surface area (Å²) in [6.07, 6.45) is 3.44. The van der Waals surface area contributed by atoms with Crippen molar-refractivity contribution in [1.82, 2.24) is 15.3 Å². The predicted octanol–water partition coefficient (Wildman–Crippen LogP) is 3.98. The van der Waals surface area contributed by atoms with Crippen molar-refractivity contribution in [2.75, 3.05) is 6.54 Å². The van der Waals surface area contributed by atoms with Crippen LogP contribution in [0, 0.1) is 0 Å². The van der Waals surface area contributed by atoms with Crippen LogP contribution < -0.4 is 5.32 Å². The maximum atomic E-state index is 6.38. The molecule has 0 aliphatic carbocycles. The van der Waals surface area contributed by atoms with E-state index in [1.165, 1.54) is 0 Å². The number of nitrogens with zero attached hydrogens (tertiary/aromatic N) is 2. The van der Waals surface area contributed by atoms with Gasteiger partial charge in [-0.1, -0.05) is 48.9 Å². The fourth-order valence-electron chi connectivity index (χ4n) is 2.55. The van der Waals surface area contributed by atoms with Gasteiger partial charge in [-0.05, 0) is 24.2 Å². The van der Waals surface area contributed by atoms with Crippen molar-refractivity contribution in [1.29, 1.82) is 0 Å². The fraction of sp³-hybridized carbons (Fsp3) is 0.176. The third-order valence-corrected chi connectivity index (χ3v) is 3.81. The lowest BCUT2D eigenvalue weighted by molar-refractivity contribution is 0.633.